The second-order valence-corrected chi connectivity index (χ2v) is 10.3. The maximum absolute atomic E-state index is 12.6. The number of rotatable bonds is 10. The largest absolute Gasteiger partial charge is 0.394 e. The van der Waals surface area contributed by atoms with Crippen LogP contribution < -0.4 is 28.3 Å². The van der Waals surface area contributed by atoms with Gasteiger partial charge in [-0.25, -0.2) is 0 Å². The van der Waals surface area contributed by atoms with Crippen LogP contribution in [0.1, 0.15) is 12.8 Å². The molecule has 3 aliphatic rings. The number of aliphatic hydroxyl groups is 8. The predicted octanol–water partition coefficient (Wildman–Crippen LogP) is -8.42. The fraction of sp³-hybridized carbons (Fsp3) is 0.955. The predicted molar refractivity (Wildman–Crippen MR) is 131 cm³/mol. The Morgan fingerprint density at radius 3 is 2.05 bits per heavy atom. The van der Waals surface area contributed by atoms with E-state index in [9.17, 15) is 45.6 Å². The first-order chi connectivity index (χ1) is 18.9. The van der Waals surface area contributed by atoms with Crippen LogP contribution in [0.3, 0.4) is 0 Å². The molecule has 0 aromatic heterocycles. The fourth-order valence-electron chi connectivity index (χ4n) is 5.07. The van der Waals surface area contributed by atoms with Gasteiger partial charge in [-0.05, 0) is 19.4 Å². The van der Waals surface area contributed by atoms with Gasteiger partial charge in [0.15, 0.2) is 12.6 Å². The smallest absolute Gasteiger partial charge is 0.249 e. The molecule has 0 aromatic carbocycles. The lowest BCUT2D eigenvalue weighted by atomic mass is 9.83. The normalized spacial score (nSPS) is 47.0. The summed E-state index contributed by atoms with van der Waals surface area (Å²) < 4.78 is 22.5. The lowest BCUT2D eigenvalue weighted by Gasteiger charge is -2.49. The van der Waals surface area contributed by atoms with Gasteiger partial charge >= 0.3 is 0 Å². The molecule has 2 saturated heterocycles. The van der Waals surface area contributed by atoms with Gasteiger partial charge in [0.1, 0.15) is 67.1 Å². The number of aliphatic hydroxyl groups excluding tert-OH is 8. The Hall–Kier alpha value is -1.17. The van der Waals surface area contributed by atoms with Gasteiger partial charge in [0.2, 0.25) is 5.91 Å². The second-order valence-electron chi connectivity index (χ2n) is 10.3. The number of carbonyl (C=O) groups is 1. The van der Waals surface area contributed by atoms with Crippen molar-refractivity contribution in [3.05, 3.63) is 0 Å². The molecule has 0 aromatic rings. The minimum Gasteiger partial charge on any atom is -0.394 e. The standard InChI is InChI=1S/C22H43N5O13/c23-2-1-8(29)20(36)27-7-3-6(25)18(39-21-14(32)11(26)12(30)10(5-28)38-21)17(35)19(7)40-22-16(34)15(33)13(31)9(4-24)37-22/h6-19,21-22,28-35H,1-5,23-26H2,(H,27,36)/t6-,7+,8-,9-,10-,11+,12-,13-,14-,15+,16-,17-,18+,19-,21-,22-/m1/s1. The van der Waals surface area contributed by atoms with Gasteiger partial charge in [-0.3, -0.25) is 4.79 Å². The topological polar surface area (TPSA) is 332 Å². The molecule has 0 spiro atoms. The van der Waals surface area contributed by atoms with Crippen molar-refractivity contribution >= 4 is 5.91 Å². The van der Waals surface area contributed by atoms with E-state index in [1.807, 2.05) is 0 Å². The maximum atomic E-state index is 12.6. The first-order valence-electron chi connectivity index (χ1n) is 13.1. The van der Waals surface area contributed by atoms with E-state index in [1.165, 1.54) is 0 Å². The van der Waals surface area contributed by atoms with Crippen LogP contribution in [0.15, 0.2) is 0 Å². The molecule has 0 radical (unpaired) electrons. The Morgan fingerprint density at radius 2 is 1.45 bits per heavy atom. The van der Waals surface area contributed by atoms with E-state index in [2.05, 4.69) is 5.32 Å². The second kappa shape index (κ2) is 14.3. The van der Waals surface area contributed by atoms with E-state index in [0.29, 0.717) is 0 Å². The molecule has 3 rings (SSSR count). The quantitative estimate of drug-likeness (QED) is 0.113. The first kappa shape index (κ1) is 33.3. The van der Waals surface area contributed by atoms with E-state index < -0.39 is 110 Å². The minimum atomic E-state index is -1.80. The van der Waals surface area contributed by atoms with E-state index in [0.717, 1.165) is 0 Å². The van der Waals surface area contributed by atoms with Crippen molar-refractivity contribution in [2.24, 2.45) is 22.9 Å². The fourth-order valence-corrected chi connectivity index (χ4v) is 5.07. The van der Waals surface area contributed by atoms with Crippen LogP contribution in [0.25, 0.3) is 0 Å². The van der Waals surface area contributed by atoms with E-state index >= 15 is 0 Å². The average molecular weight is 586 g/mol. The molecule has 3 fully saturated rings. The van der Waals surface area contributed by atoms with E-state index in [1.54, 1.807) is 0 Å². The molecule has 1 amide bonds. The molecular weight excluding hydrogens is 542 g/mol. The molecule has 1 aliphatic carbocycles. The van der Waals surface area contributed by atoms with Crippen LogP contribution in [-0.4, -0.2) is 164 Å². The first-order valence-corrected chi connectivity index (χ1v) is 13.1. The molecule has 0 bridgehead atoms. The summed E-state index contributed by atoms with van der Waals surface area (Å²) in [5, 5.41) is 84.9. The summed E-state index contributed by atoms with van der Waals surface area (Å²) in [5.41, 5.74) is 23.1. The number of amides is 1. The van der Waals surface area contributed by atoms with Crippen LogP contribution in [0.5, 0.6) is 0 Å². The molecule has 40 heavy (non-hydrogen) atoms. The minimum absolute atomic E-state index is 0.00934. The molecule has 16 atom stereocenters. The van der Waals surface area contributed by atoms with Gasteiger partial charge in [0.25, 0.3) is 0 Å². The Morgan fingerprint density at radius 1 is 0.850 bits per heavy atom. The molecule has 18 nitrogen and oxygen atoms in total. The maximum Gasteiger partial charge on any atom is 0.249 e. The monoisotopic (exact) mass is 585 g/mol. The zero-order valence-corrected chi connectivity index (χ0v) is 21.7. The molecule has 18 heteroatoms. The Bertz CT molecular complexity index is 815. The highest BCUT2D eigenvalue weighted by atomic mass is 16.7. The number of hydrogen-bond acceptors (Lipinski definition) is 17. The van der Waals surface area contributed by atoms with Crippen LogP contribution in [0, 0.1) is 0 Å². The molecule has 234 valence electrons. The molecule has 2 aliphatic heterocycles. The molecular formula is C22H43N5O13. The van der Waals surface area contributed by atoms with Crippen LogP contribution >= 0.6 is 0 Å². The number of nitrogens with two attached hydrogens (primary N) is 4. The van der Waals surface area contributed by atoms with Crippen LogP contribution in [0.2, 0.25) is 0 Å². The van der Waals surface area contributed by atoms with Crippen LogP contribution in [0.4, 0.5) is 0 Å². The molecule has 1 saturated carbocycles. The summed E-state index contributed by atoms with van der Waals surface area (Å²) in [6.45, 7) is -0.899. The van der Waals surface area contributed by atoms with Crippen LogP contribution in [-0.2, 0) is 23.7 Å². The van der Waals surface area contributed by atoms with Crippen molar-refractivity contribution in [1.29, 1.82) is 0 Å². The summed E-state index contributed by atoms with van der Waals surface area (Å²) in [7, 11) is 0. The van der Waals surface area contributed by atoms with Crippen molar-refractivity contribution in [2.45, 2.75) is 111 Å². The molecule has 0 unspecified atom stereocenters. The number of nitrogens with one attached hydrogen (secondary N) is 1. The lowest BCUT2D eigenvalue weighted by molar-refractivity contribution is -0.332. The molecule has 17 N–H and O–H groups in total. The third-order valence-corrected chi connectivity index (χ3v) is 7.51. The summed E-state index contributed by atoms with van der Waals surface area (Å²) in [6, 6.07) is -3.42. The average Bonchev–Trinajstić information content (AvgIpc) is 2.92. The Balaban J connectivity index is 1.85. The van der Waals surface area contributed by atoms with Gasteiger partial charge < -0.3 is 88.1 Å². The number of ether oxygens (including phenoxy) is 4. The number of carbonyl (C=O) groups excluding carboxylic acids is 1. The van der Waals surface area contributed by atoms with Crippen molar-refractivity contribution < 1.29 is 64.6 Å². The third kappa shape index (κ3) is 7.06. The van der Waals surface area contributed by atoms with Gasteiger partial charge in [-0.15, -0.1) is 0 Å². The van der Waals surface area contributed by atoms with Gasteiger partial charge in [-0.1, -0.05) is 0 Å². The van der Waals surface area contributed by atoms with Crippen molar-refractivity contribution in [3.8, 4) is 0 Å². The highest BCUT2D eigenvalue weighted by molar-refractivity contribution is 5.80. The third-order valence-electron chi connectivity index (χ3n) is 7.51. The van der Waals surface area contributed by atoms with Gasteiger partial charge in [-0.2, -0.15) is 0 Å². The summed E-state index contributed by atoms with van der Waals surface area (Å²) in [6.07, 6.45) is -19.9. The van der Waals surface area contributed by atoms with Gasteiger partial charge in [0.05, 0.1) is 18.7 Å². The number of hydrogen-bond donors (Lipinski definition) is 13. The van der Waals surface area contributed by atoms with E-state index in [4.69, 9.17) is 41.9 Å². The highest BCUT2D eigenvalue weighted by Crippen LogP contribution is 2.32. The lowest BCUT2D eigenvalue weighted by Crippen LogP contribution is -2.69. The Kier molecular flexibility index (Phi) is 11.9. The van der Waals surface area contributed by atoms with Gasteiger partial charge in [0, 0.05) is 12.6 Å². The van der Waals surface area contributed by atoms with Crippen molar-refractivity contribution in [3.63, 3.8) is 0 Å². The SMILES string of the molecule is NCC[C@@H](O)C(=O)N[C@H]1C[C@@H](N)[C@H](O[C@H]2O[C@H](CO)[C@@H](O)[C@H](N)[C@H]2O)[C@@H](O)[C@@H]1O[C@H]1O[C@H](CN)[C@@H](O)[C@H](O)[C@H]1O. The van der Waals surface area contributed by atoms with Crippen molar-refractivity contribution in [2.75, 3.05) is 19.7 Å². The zero-order valence-electron chi connectivity index (χ0n) is 21.7. The summed E-state index contributed by atoms with van der Waals surface area (Å²) in [5.74, 6) is -0.847. The summed E-state index contributed by atoms with van der Waals surface area (Å²) >= 11 is 0. The summed E-state index contributed by atoms with van der Waals surface area (Å²) in [4.78, 5) is 12.6. The van der Waals surface area contributed by atoms with Crippen molar-refractivity contribution in [1.82, 2.24) is 5.32 Å². The zero-order chi connectivity index (χ0) is 29.9. The molecule has 2 heterocycles. The Labute approximate surface area is 229 Å². The van der Waals surface area contributed by atoms with E-state index in [-0.39, 0.29) is 25.9 Å². The highest BCUT2D eigenvalue weighted by Gasteiger charge is 2.52.